The van der Waals surface area contributed by atoms with Gasteiger partial charge in [0.1, 0.15) is 18.1 Å². The molecule has 0 saturated carbocycles. The zero-order valence-electron chi connectivity index (χ0n) is 20.4. The second kappa shape index (κ2) is 10.6. The molecular weight excluding hydrogens is 474 g/mol. The molecule has 1 aliphatic heterocycles. The molecule has 1 fully saturated rings. The third kappa shape index (κ3) is 5.03. The quantitative estimate of drug-likeness (QED) is 0.390. The molecule has 2 aromatic carbocycles. The predicted molar refractivity (Wildman–Crippen MR) is 140 cm³/mol. The number of thiophene rings is 1. The number of carbonyl (C=O) groups excluding carboxylic acids is 2. The lowest BCUT2D eigenvalue weighted by Gasteiger charge is -2.31. The molecule has 4 aromatic rings. The Morgan fingerprint density at radius 2 is 1.97 bits per heavy atom. The number of carbonyl (C=O) groups is 2. The van der Waals surface area contributed by atoms with Crippen molar-refractivity contribution in [3.05, 3.63) is 76.0 Å². The van der Waals surface area contributed by atoms with Crippen molar-refractivity contribution in [2.75, 3.05) is 18.1 Å². The molecule has 8 nitrogen and oxygen atoms in total. The molecule has 0 radical (unpaired) electrons. The summed E-state index contributed by atoms with van der Waals surface area (Å²) in [5.41, 5.74) is 4.17. The van der Waals surface area contributed by atoms with Crippen LogP contribution in [0.25, 0.3) is 11.0 Å². The van der Waals surface area contributed by atoms with E-state index < -0.39 is 6.04 Å². The first-order chi connectivity index (χ1) is 17.5. The summed E-state index contributed by atoms with van der Waals surface area (Å²) >= 11 is 1.48. The van der Waals surface area contributed by atoms with E-state index >= 15 is 0 Å². The van der Waals surface area contributed by atoms with Crippen LogP contribution < -0.4 is 10.2 Å². The largest absolute Gasteiger partial charge is 0.376 e. The Bertz CT molecular complexity index is 1360. The molecule has 2 unspecified atom stereocenters. The van der Waals surface area contributed by atoms with E-state index in [4.69, 9.17) is 4.74 Å². The highest BCUT2D eigenvalue weighted by Crippen LogP contribution is 2.34. The Kier molecular flexibility index (Phi) is 7.11. The smallest absolute Gasteiger partial charge is 0.249 e. The lowest BCUT2D eigenvalue weighted by atomic mass is 10.1. The molecule has 9 heteroatoms. The Morgan fingerprint density at radius 1 is 1.17 bits per heavy atom. The van der Waals surface area contributed by atoms with Gasteiger partial charge in [-0.1, -0.05) is 35.0 Å². The van der Waals surface area contributed by atoms with Gasteiger partial charge in [-0.15, -0.1) is 16.4 Å². The molecule has 36 heavy (non-hydrogen) atoms. The minimum atomic E-state index is -0.823. The van der Waals surface area contributed by atoms with Crippen LogP contribution in [0, 0.1) is 13.8 Å². The lowest BCUT2D eigenvalue weighted by Crippen LogP contribution is -2.46. The summed E-state index contributed by atoms with van der Waals surface area (Å²) in [5.74, 6) is -0.479. The number of hydrogen-bond acceptors (Lipinski definition) is 6. The number of benzene rings is 2. The molecule has 2 atom stereocenters. The maximum atomic E-state index is 14.0. The zero-order chi connectivity index (χ0) is 25.1. The Balaban J connectivity index is 1.52. The molecule has 5 rings (SSSR count). The summed E-state index contributed by atoms with van der Waals surface area (Å²) in [6.45, 7) is 5.05. The van der Waals surface area contributed by atoms with Crippen LogP contribution in [0.1, 0.15) is 34.9 Å². The zero-order valence-corrected chi connectivity index (χ0v) is 21.2. The number of anilines is 1. The highest BCUT2D eigenvalue weighted by Gasteiger charge is 2.35. The molecule has 0 bridgehead atoms. The van der Waals surface area contributed by atoms with Gasteiger partial charge in [-0.25, -0.2) is 4.68 Å². The average molecular weight is 504 g/mol. The molecule has 1 aliphatic rings. The van der Waals surface area contributed by atoms with Gasteiger partial charge in [-0.2, -0.15) is 0 Å². The van der Waals surface area contributed by atoms with Crippen LogP contribution in [0.4, 0.5) is 5.69 Å². The fourth-order valence-corrected chi connectivity index (χ4v) is 5.53. The third-order valence-corrected chi connectivity index (χ3v) is 7.54. The van der Waals surface area contributed by atoms with Gasteiger partial charge >= 0.3 is 0 Å². The van der Waals surface area contributed by atoms with Crippen LogP contribution in [-0.2, 0) is 20.9 Å². The molecule has 2 aromatic heterocycles. The van der Waals surface area contributed by atoms with Gasteiger partial charge < -0.3 is 10.1 Å². The van der Waals surface area contributed by atoms with E-state index in [0.717, 1.165) is 34.4 Å². The van der Waals surface area contributed by atoms with Crippen molar-refractivity contribution in [1.29, 1.82) is 0 Å². The number of nitrogens with zero attached hydrogens (tertiary/aromatic N) is 4. The van der Waals surface area contributed by atoms with Crippen LogP contribution in [0.5, 0.6) is 0 Å². The summed E-state index contributed by atoms with van der Waals surface area (Å²) in [6, 6.07) is 16.3. The number of ether oxygens (including phenoxy) is 1. The molecule has 2 amide bonds. The molecule has 1 N–H and O–H groups in total. The number of rotatable bonds is 8. The first-order valence-electron chi connectivity index (χ1n) is 12.1. The van der Waals surface area contributed by atoms with Crippen molar-refractivity contribution in [3.63, 3.8) is 0 Å². The van der Waals surface area contributed by atoms with Crippen molar-refractivity contribution in [2.24, 2.45) is 0 Å². The van der Waals surface area contributed by atoms with E-state index in [1.807, 2.05) is 73.8 Å². The number of para-hydroxylation sites is 1. The van der Waals surface area contributed by atoms with Crippen LogP contribution >= 0.6 is 11.3 Å². The third-order valence-electron chi connectivity index (χ3n) is 6.47. The Labute approximate surface area is 213 Å². The number of amides is 2. The summed E-state index contributed by atoms with van der Waals surface area (Å²) in [5, 5.41) is 13.4. The summed E-state index contributed by atoms with van der Waals surface area (Å²) in [6.07, 6.45) is 1.92. The Morgan fingerprint density at radius 3 is 2.69 bits per heavy atom. The van der Waals surface area contributed by atoms with Crippen molar-refractivity contribution < 1.29 is 14.3 Å². The first kappa shape index (κ1) is 24.1. The van der Waals surface area contributed by atoms with Crippen molar-refractivity contribution in [2.45, 2.75) is 45.4 Å². The van der Waals surface area contributed by atoms with E-state index in [9.17, 15) is 9.59 Å². The number of aryl methyl sites for hydroxylation is 2. The summed E-state index contributed by atoms with van der Waals surface area (Å²) in [7, 11) is 0. The van der Waals surface area contributed by atoms with Gasteiger partial charge in [-0.3, -0.25) is 14.5 Å². The van der Waals surface area contributed by atoms with E-state index in [1.54, 1.807) is 9.58 Å². The van der Waals surface area contributed by atoms with Crippen molar-refractivity contribution >= 4 is 39.9 Å². The molecule has 186 valence electrons. The van der Waals surface area contributed by atoms with E-state index in [0.29, 0.717) is 24.4 Å². The minimum absolute atomic E-state index is 0.00377. The second-order valence-corrected chi connectivity index (χ2v) is 10.0. The van der Waals surface area contributed by atoms with Crippen molar-refractivity contribution in [3.8, 4) is 0 Å². The highest BCUT2D eigenvalue weighted by molar-refractivity contribution is 7.10. The molecule has 3 heterocycles. The number of nitrogens with one attached hydrogen (secondary N) is 1. The predicted octanol–water partition coefficient (Wildman–Crippen LogP) is 4.18. The topological polar surface area (TPSA) is 89.4 Å². The van der Waals surface area contributed by atoms with E-state index in [-0.39, 0.29) is 24.5 Å². The summed E-state index contributed by atoms with van der Waals surface area (Å²) < 4.78 is 7.29. The number of fused-ring (bicyclic) bond motifs is 1. The second-order valence-electron chi connectivity index (χ2n) is 9.09. The van der Waals surface area contributed by atoms with E-state index in [1.165, 1.54) is 11.3 Å². The van der Waals surface area contributed by atoms with Crippen LogP contribution in [0.3, 0.4) is 0 Å². The van der Waals surface area contributed by atoms with Crippen LogP contribution in [-0.4, -0.2) is 46.1 Å². The Hall–Kier alpha value is -3.56. The van der Waals surface area contributed by atoms with Crippen molar-refractivity contribution in [1.82, 2.24) is 20.3 Å². The molecule has 0 spiro atoms. The fourth-order valence-electron chi connectivity index (χ4n) is 4.52. The maximum absolute atomic E-state index is 14.0. The van der Waals surface area contributed by atoms with E-state index in [2.05, 4.69) is 15.6 Å². The van der Waals surface area contributed by atoms with Crippen LogP contribution in [0.15, 0.2) is 60.0 Å². The fraction of sp³-hybridized carbons (Fsp3) is 0.333. The normalized spacial score (nSPS) is 16.2. The average Bonchev–Trinajstić information content (AvgIpc) is 3.64. The maximum Gasteiger partial charge on any atom is 0.249 e. The van der Waals surface area contributed by atoms with Crippen LogP contribution in [0.2, 0.25) is 0 Å². The van der Waals surface area contributed by atoms with Gasteiger partial charge in [0, 0.05) is 23.7 Å². The first-order valence-corrected chi connectivity index (χ1v) is 13.0. The number of aromatic nitrogens is 3. The minimum Gasteiger partial charge on any atom is -0.376 e. The monoisotopic (exact) mass is 503 g/mol. The van der Waals surface area contributed by atoms with Gasteiger partial charge in [0.2, 0.25) is 11.8 Å². The standard InChI is InChI=1S/C27H29N5O3S/c1-18-9-11-20(12-10-18)32(24(33)17-31-23-8-4-3-7-22(23)29-30-31)25(26-19(2)13-15-36-26)27(34)28-16-21-6-5-14-35-21/h3-4,7-13,15,21,25H,5-6,14,16-17H2,1-2H3,(H,28,34). The van der Waals surface area contributed by atoms with Gasteiger partial charge in [0.15, 0.2) is 0 Å². The molecule has 0 aliphatic carbocycles. The molecule has 1 saturated heterocycles. The highest BCUT2D eigenvalue weighted by atomic mass is 32.1. The summed E-state index contributed by atoms with van der Waals surface area (Å²) in [4.78, 5) is 30.2. The SMILES string of the molecule is Cc1ccc(N(C(=O)Cn2nnc3ccccc32)C(C(=O)NCC2CCCO2)c2sccc2C)cc1. The number of hydrogen-bond donors (Lipinski definition) is 1. The molecular formula is C27H29N5O3S. The lowest BCUT2D eigenvalue weighted by molar-refractivity contribution is -0.127. The van der Waals surface area contributed by atoms with Gasteiger partial charge in [0.25, 0.3) is 0 Å². The van der Waals surface area contributed by atoms with Gasteiger partial charge in [-0.05, 0) is 68.0 Å². The van der Waals surface area contributed by atoms with Gasteiger partial charge in [0.05, 0.1) is 11.6 Å².